The van der Waals surface area contributed by atoms with Crippen molar-refractivity contribution in [1.82, 2.24) is 4.98 Å². The Balaban J connectivity index is 1.68. The molecule has 0 spiro atoms. The highest BCUT2D eigenvalue weighted by atomic mass is 16.3. The molecule has 0 unspecified atom stereocenters. The Labute approximate surface area is 157 Å². The molecule has 2 aromatic carbocycles. The molecule has 4 nitrogen and oxygen atoms in total. The number of nitrogens with zero attached hydrogens (tertiary/aromatic N) is 2. The minimum Gasteiger partial charge on any atom is -0.463 e. The first-order valence-corrected chi connectivity index (χ1v) is 9.15. The first-order valence-electron chi connectivity index (χ1n) is 9.15. The van der Waals surface area contributed by atoms with Crippen molar-refractivity contribution in [1.29, 1.82) is 0 Å². The van der Waals surface area contributed by atoms with Gasteiger partial charge in [-0.05, 0) is 48.7 Å². The van der Waals surface area contributed by atoms with Gasteiger partial charge in [-0.25, -0.2) is 4.98 Å². The highest BCUT2D eigenvalue weighted by Crippen LogP contribution is 2.31. The Morgan fingerprint density at radius 3 is 2.74 bits per heavy atom. The number of pyridine rings is 1. The van der Waals surface area contributed by atoms with Gasteiger partial charge in [0.2, 0.25) is 0 Å². The van der Waals surface area contributed by atoms with Crippen LogP contribution in [0, 0.1) is 0 Å². The topological polar surface area (TPSA) is 46.3 Å². The zero-order valence-corrected chi connectivity index (χ0v) is 14.8. The predicted molar refractivity (Wildman–Crippen MR) is 106 cm³/mol. The Morgan fingerprint density at radius 2 is 1.85 bits per heavy atom. The smallest absolute Gasteiger partial charge is 0.259 e. The summed E-state index contributed by atoms with van der Waals surface area (Å²) in [4.78, 5) is 20.1. The lowest BCUT2D eigenvalue weighted by Gasteiger charge is -2.30. The zero-order valence-electron chi connectivity index (χ0n) is 14.8. The van der Waals surface area contributed by atoms with Crippen molar-refractivity contribution in [2.24, 2.45) is 0 Å². The summed E-state index contributed by atoms with van der Waals surface area (Å²) in [5, 5.41) is 0.862. The van der Waals surface area contributed by atoms with Gasteiger partial charge in [-0.2, -0.15) is 0 Å². The highest BCUT2D eigenvalue weighted by molar-refractivity contribution is 6.14. The molecule has 0 atom stereocenters. The molecule has 1 aliphatic rings. The molecule has 4 heteroatoms. The molecule has 0 aliphatic carbocycles. The summed E-state index contributed by atoms with van der Waals surface area (Å²) >= 11 is 0. The van der Waals surface area contributed by atoms with E-state index < -0.39 is 0 Å². The van der Waals surface area contributed by atoms with Crippen molar-refractivity contribution in [2.45, 2.75) is 12.8 Å². The van der Waals surface area contributed by atoms with Crippen LogP contribution in [-0.4, -0.2) is 17.4 Å². The molecular formula is C23H18N2O2. The van der Waals surface area contributed by atoms with Crippen LogP contribution in [0.15, 0.2) is 77.4 Å². The molecule has 5 rings (SSSR count). The average molecular weight is 354 g/mol. The summed E-state index contributed by atoms with van der Waals surface area (Å²) in [6.45, 7) is 0.725. The van der Waals surface area contributed by atoms with Crippen LogP contribution in [-0.2, 0) is 6.42 Å². The van der Waals surface area contributed by atoms with E-state index in [9.17, 15) is 4.79 Å². The summed E-state index contributed by atoms with van der Waals surface area (Å²) in [7, 11) is 0. The number of anilines is 1. The third-order valence-corrected chi connectivity index (χ3v) is 5.08. The van der Waals surface area contributed by atoms with Crippen molar-refractivity contribution in [3.05, 3.63) is 84.1 Å². The number of aryl methyl sites for hydroxylation is 1. The number of carbonyl (C=O) groups excluding carboxylic acids is 1. The van der Waals surface area contributed by atoms with Gasteiger partial charge in [0.25, 0.3) is 5.91 Å². The van der Waals surface area contributed by atoms with Crippen molar-refractivity contribution in [3.63, 3.8) is 0 Å². The number of rotatable bonds is 2. The fraction of sp³-hybridized carbons (Fsp3) is 0.130. The molecule has 3 heterocycles. The fourth-order valence-corrected chi connectivity index (χ4v) is 3.79. The minimum atomic E-state index is 0.00792. The van der Waals surface area contributed by atoms with E-state index in [1.807, 2.05) is 65.6 Å². The average Bonchev–Trinajstić information content (AvgIpc) is 3.27. The molecule has 0 bridgehead atoms. The maximum Gasteiger partial charge on any atom is 0.259 e. The predicted octanol–water partition coefficient (Wildman–Crippen LogP) is 5.09. The number of hydrogen-bond acceptors (Lipinski definition) is 3. The van der Waals surface area contributed by atoms with E-state index in [0.29, 0.717) is 17.0 Å². The molecule has 132 valence electrons. The molecule has 1 amide bonds. The maximum atomic E-state index is 13.6. The van der Waals surface area contributed by atoms with Gasteiger partial charge in [-0.1, -0.05) is 36.4 Å². The number of furan rings is 1. The lowest BCUT2D eigenvalue weighted by molar-refractivity contribution is 0.0986. The van der Waals surface area contributed by atoms with Crippen LogP contribution in [0.3, 0.4) is 0 Å². The lowest BCUT2D eigenvalue weighted by Crippen LogP contribution is -2.35. The van der Waals surface area contributed by atoms with E-state index >= 15 is 0 Å². The summed E-state index contributed by atoms with van der Waals surface area (Å²) in [5.41, 5.74) is 4.35. The number of amides is 1. The van der Waals surface area contributed by atoms with Gasteiger partial charge >= 0.3 is 0 Å². The second-order valence-corrected chi connectivity index (χ2v) is 6.74. The van der Waals surface area contributed by atoms with E-state index in [4.69, 9.17) is 4.42 Å². The van der Waals surface area contributed by atoms with Crippen LogP contribution in [0.4, 0.5) is 5.69 Å². The second-order valence-electron chi connectivity index (χ2n) is 6.74. The van der Waals surface area contributed by atoms with Crippen molar-refractivity contribution < 1.29 is 9.21 Å². The Kier molecular flexibility index (Phi) is 3.75. The fourth-order valence-electron chi connectivity index (χ4n) is 3.79. The molecule has 0 radical (unpaired) electrons. The van der Waals surface area contributed by atoms with Gasteiger partial charge in [0.15, 0.2) is 5.76 Å². The summed E-state index contributed by atoms with van der Waals surface area (Å²) < 4.78 is 5.52. The Bertz CT molecular complexity index is 1130. The molecule has 27 heavy (non-hydrogen) atoms. The molecular weight excluding hydrogens is 336 g/mol. The van der Waals surface area contributed by atoms with Gasteiger partial charge in [0, 0.05) is 17.6 Å². The molecule has 0 saturated heterocycles. The molecule has 0 saturated carbocycles. The molecule has 0 N–H and O–H groups in total. The quantitative estimate of drug-likeness (QED) is 0.504. The molecule has 4 aromatic rings. The lowest BCUT2D eigenvalue weighted by atomic mass is 9.99. The van der Waals surface area contributed by atoms with Gasteiger partial charge in [-0.3, -0.25) is 4.79 Å². The highest BCUT2D eigenvalue weighted by Gasteiger charge is 2.25. The van der Waals surface area contributed by atoms with Crippen molar-refractivity contribution >= 4 is 22.5 Å². The SMILES string of the molecule is O=C(c1cc(-c2ccco2)nc2ccccc12)N1CCCc2ccccc21. The van der Waals surface area contributed by atoms with E-state index in [0.717, 1.165) is 36.0 Å². The normalized spacial score (nSPS) is 13.6. The first kappa shape index (κ1) is 15.8. The van der Waals surface area contributed by atoms with Crippen molar-refractivity contribution in [3.8, 4) is 11.5 Å². The summed E-state index contributed by atoms with van der Waals surface area (Å²) in [5.74, 6) is 0.669. The number of hydrogen-bond donors (Lipinski definition) is 0. The standard InChI is InChI=1S/C23H18N2O2/c26-23(25-13-5-8-16-7-1-4-11-21(16)25)18-15-20(22-12-6-14-27-22)24-19-10-3-2-9-17(18)19/h1-4,6-7,9-12,14-15H,5,8,13H2. The monoisotopic (exact) mass is 354 g/mol. The number of aromatic nitrogens is 1. The van der Waals surface area contributed by atoms with Gasteiger partial charge in [-0.15, -0.1) is 0 Å². The van der Waals surface area contributed by atoms with E-state index in [1.54, 1.807) is 6.26 Å². The molecule has 0 fully saturated rings. The number of carbonyl (C=O) groups is 1. The third kappa shape index (κ3) is 2.70. The van der Waals surface area contributed by atoms with Gasteiger partial charge < -0.3 is 9.32 Å². The minimum absolute atomic E-state index is 0.00792. The number of para-hydroxylation sites is 2. The summed E-state index contributed by atoms with van der Waals surface area (Å²) in [6, 6.07) is 21.5. The van der Waals surface area contributed by atoms with Gasteiger partial charge in [0.05, 0.1) is 17.3 Å². The van der Waals surface area contributed by atoms with E-state index in [1.165, 1.54) is 5.56 Å². The number of fused-ring (bicyclic) bond motifs is 2. The number of benzene rings is 2. The van der Waals surface area contributed by atoms with Crippen LogP contribution >= 0.6 is 0 Å². The Hall–Kier alpha value is -3.40. The van der Waals surface area contributed by atoms with Crippen LogP contribution in [0.2, 0.25) is 0 Å². The third-order valence-electron chi connectivity index (χ3n) is 5.08. The first-order chi connectivity index (χ1) is 13.3. The molecule has 1 aliphatic heterocycles. The van der Waals surface area contributed by atoms with Crippen LogP contribution in [0.1, 0.15) is 22.3 Å². The zero-order chi connectivity index (χ0) is 18.2. The largest absolute Gasteiger partial charge is 0.463 e. The van der Waals surface area contributed by atoms with Crippen LogP contribution in [0.5, 0.6) is 0 Å². The second kappa shape index (κ2) is 6.40. The molecule has 2 aromatic heterocycles. The van der Waals surface area contributed by atoms with Crippen LogP contribution in [0.25, 0.3) is 22.4 Å². The van der Waals surface area contributed by atoms with Crippen LogP contribution < -0.4 is 4.90 Å². The van der Waals surface area contributed by atoms with E-state index in [2.05, 4.69) is 11.1 Å². The van der Waals surface area contributed by atoms with Crippen molar-refractivity contribution in [2.75, 3.05) is 11.4 Å². The summed E-state index contributed by atoms with van der Waals surface area (Å²) in [6.07, 6.45) is 3.60. The Morgan fingerprint density at radius 1 is 1.00 bits per heavy atom. The van der Waals surface area contributed by atoms with E-state index in [-0.39, 0.29) is 5.91 Å². The maximum absolute atomic E-state index is 13.6. The van der Waals surface area contributed by atoms with Gasteiger partial charge in [0.1, 0.15) is 5.69 Å².